The summed E-state index contributed by atoms with van der Waals surface area (Å²) in [7, 11) is 1.67. The molecule has 2 rings (SSSR count). The number of amides is 1. The summed E-state index contributed by atoms with van der Waals surface area (Å²) < 4.78 is 5.20. The molecule has 2 aromatic carbocycles. The van der Waals surface area contributed by atoms with Gasteiger partial charge in [0.15, 0.2) is 0 Å². The van der Waals surface area contributed by atoms with Crippen molar-refractivity contribution in [2.45, 2.75) is 19.4 Å². The maximum atomic E-state index is 11.8. The molecule has 0 saturated carbocycles. The van der Waals surface area contributed by atoms with Crippen LogP contribution < -0.4 is 15.4 Å². The van der Waals surface area contributed by atoms with Gasteiger partial charge in [-0.1, -0.05) is 42.5 Å². The average molecular weight is 312 g/mol. The fourth-order valence-electron chi connectivity index (χ4n) is 2.27. The van der Waals surface area contributed by atoms with E-state index in [1.54, 1.807) is 7.11 Å². The lowest BCUT2D eigenvalue weighted by atomic mass is 10.1. The Hall–Kier alpha value is -2.33. The van der Waals surface area contributed by atoms with Crippen molar-refractivity contribution < 1.29 is 9.53 Å². The second-order valence-electron chi connectivity index (χ2n) is 5.36. The molecule has 0 unspecified atom stereocenters. The molecule has 1 amide bonds. The Balaban J connectivity index is 1.57. The van der Waals surface area contributed by atoms with Crippen molar-refractivity contribution in [1.82, 2.24) is 10.6 Å². The molecule has 2 N–H and O–H groups in total. The molecule has 0 heterocycles. The maximum absolute atomic E-state index is 11.8. The van der Waals surface area contributed by atoms with Gasteiger partial charge in [-0.25, -0.2) is 0 Å². The third-order valence-corrected chi connectivity index (χ3v) is 3.59. The first-order chi connectivity index (χ1) is 11.3. The monoisotopic (exact) mass is 312 g/mol. The fourth-order valence-corrected chi connectivity index (χ4v) is 2.27. The molecule has 4 heteroatoms. The van der Waals surface area contributed by atoms with E-state index >= 15 is 0 Å². The number of hydrogen-bond donors (Lipinski definition) is 2. The fraction of sp³-hybridized carbons (Fsp3) is 0.316. The van der Waals surface area contributed by atoms with Crippen LogP contribution in [-0.4, -0.2) is 26.1 Å². The third kappa shape index (κ3) is 6.53. The van der Waals surface area contributed by atoms with Gasteiger partial charge in [0.05, 0.1) is 7.11 Å². The van der Waals surface area contributed by atoms with E-state index in [1.807, 2.05) is 48.5 Å². The zero-order chi connectivity index (χ0) is 16.3. The van der Waals surface area contributed by atoms with E-state index in [4.69, 9.17) is 4.74 Å². The number of rotatable bonds is 9. The van der Waals surface area contributed by atoms with Crippen molar-refractivity contribution in [3.63, 3.8) is 0 Å². The quantitative estimate of drug-likeness (QED) is 0.700. The van der Waals surface area contributed by atoms with E-state index in [1.165, 1.54) is 5.56 Å². The first-order valence-electron chi connectivity index (χ1n) is 7.92. The highest BCUT2D eigenvalue weighted by atomic mass is 16.5. The Labute approximate surface area is 137 Å². The molecular formula is C19H24N2O2. The number of nitrogens with one attached hydrogen (secondary N) is 2. The molecule has 4 nitrogen and oxygen atoms in total. The van der Waals surface area contributed by atoms with Crippen molar-refractivity contribution in [1.29, 1.82) is 0 Å². The van der Waals surface area contributed by atoms with Crippen molar-refractivity contribution in [3.05, 3.63) is 65.7 Å². The van der Waals surface area contributed by atoms with Crippen molar-refractivity contribution in [3.8, 4) is 5.75 Å². The lowest BCUT2D eigenvalue weighted by molar-refractivity contribution is -0.121. The molecule has 0 saturated heterocycles. The Morgan fingerprint density at radius 1 is 1.00 bits per heavy atom. The molecule has 0 aliphatic heterocycles. The summed E-state index contributed by atoms with van der Waals surface area (Å²) >= 11 is 0. The zero-order valence-corrected chi connectivity index (χ0v) is 13.5. The van der Waals surface area contributed by atoms with Gasteiger partial charge in [0, 0.05) is 19.5 Å². The molecule has 0 aliphatic rings. The number of carbonyl (C=O) groups excluding carboxylic acids is 1. The van der Waals surface area contributed by atoms with E-state index < -0.39 is 0 Å². The van der Waals surface area contributed by atoms with E-state index in [9.17, 15) is 4.79 Å². The minimum atomic E-state index is 0.0720. The van der Waals surface area contributed by atoms with Crippen molar-refractivity contribution in [2.75, 3.05) is 20.2 Å². The minimum absolute atomic E-state index is 0.0720. The second kappa shape index (κ2) is 9.64. The van der Waals surface area contributed by atoms with Crippen LogP contribution in [-0.2, 0) is 17.8 Å². The van der Waals surface area contributed by atoms with Crippen molar-refractivity contribution >= 4 is 5.91 Å². The van der Waals surface area contributed by atoms with Gasteiger partial charge in [-0.2, -0.15) is 0 Å². The highest BCUT2D eigenvalue weighted by molar-refractivity contribution is 5.76. The molecule has 0 aliphatic carbocycles. The zero-order valence-electron chi connectivity index (χ0n) is 13.5. The van der Waals surface area contributed by atoms with E-state index in [0.29, 0.717) is 19.5 Å². The molecule has 0 atom stereocenters. The molecule has 0 fully saturated rings. The second-order valence-corrected chi connectivity index (χ2v) is 5.36. The van der Waals surface area contributed by atoms with Crippen molar-refractivity contribution in [2.24, 2.45) is 0 Å². The smallest absolute Gasteiger partial charge is 0.221 e. The van der Waals surface area contributed by atoms with E-state index in [2.05, 4.69) is 16.7 Å². The van der Waals surface area contributed by atoms with Gasteiger partial charge in [0.1, 0.15) is 5.75 Å². The van der Waals surface area contributed by atoms with Gasteiger partial charge in [-0.3, -0.25) is 4.79 Å². The summed E-state index contributed by atoms with van der Waals surface area (Å²) in [6, 6.07) is 18.0. The Kier molecular flexibility index (Phi) is 7.14. The van der Waals surface area contributed by atoms with Crippen LogP contribution in [0.25, 0.3) is 0 Å². The Bertz CT molecular complexity index is 599. The molecule has 0 spiro atoms. The summed E-state index contributed by atoms with van der Waals surface area (Å²) in [6.45, 7) is 2.12. The number of benzene rings is 2. The molecule has 2 aromatic rings. The summed E-state index contributed by atoms with van der Waals surface area (Å²) in [5, 5.41) is 6.23. The van der Waals surface area contributed by atoms with Crippen LogP contribution >= 0.6 is 0 Å². The summed E-state index contributed by atoms with van der Waals surface area (Å²) in [5.41, 5.74) is 2.34. The van der Waals surface area contributed by atoms with Crippen LogP contribution in [0.15, 0.2) is 54.6 Å². The van der Waals surface area contributed by atoms with Crippen LogP contribution in [0.3, 0.4) is 0 Å². The topological polar surface area (TPSA) is 50.4 Å². The SMILES string of the molecule is COc1cccc(CCNCCC(=O)NCc2ccccc2)c1. The molecule has 0 aromatic heterocycles. The van der Waals surface area contributed by atoms with Crippen LogP contribution in [0.1, 0.15) is 17.5 Å². The molecule has 0 bridgehead atoms. The van der Waals surface area contributed by atoms with Crippen LogP contribution in [0, 0.1) is 0 Å². The predicted molar refractivity (Wildman–Crippen MR) is 92.5 cm³/mol. The van der Waals surface area contributed by atoms with Crippen LogP contribution in [0.2, 0.25) is 0 Å². The average Bonchev–Trinajstić information content (AvgIpc) is 2.61. The Morgan fingerprint density at radius 3 is 2.57 bits per heavy atom. The number of carbonyl (C=O) groups is 1. The van der Waals surface area contributed by atoms with Gasteiger partial charge >= 0.3 is 0 Å². The van der Waals surface area contributed by atoms with Gasteiger partial charge in [-0.15, -0.1) is 0 Å². The molecule has 23 heavy (non-hydrogen) atoms. The Morgan fingerprint density at radius 2 is 1.78 bits per heavy atom. The normalized spacial score (nSPS) is 10.3. The highest BCUT2D eigenvalue weighted by Crippen LogP contribution is 2.12. The van der Waals surface area contributed by atoms with Gasteiger partial charge in [0.2, 0.25) is 5.91 Å². The minimum Gasteiger partial charge on any atom is -0.497 e. The summed E-state index contributed by atoms with van der Waals surface area (Å²) in [5.74, 6) is 0.950. The maximum Gasteiger partial charge on any atom is 0.221 e. The van der Waals surface area contributed by atoms with E-state index in [0.717, 1.165) is 24.3 Å². The van der Waals surface area contributed by atoms with E-state index in [-0.39, 0.29) is 5.91 Å². The van der Waals surface area contributed by atoms with Gasteiger partial charge in [0.25, 0.3) is 0 Å². The van der Waals surface area contributed by atoms with Crippen LogP contribution in [0.5, 0.6) is 5.75 Å². The lowest BCUT2D eigenvalue weighted by Crippen LogP contribution is -2.28. The molecule has 0 radical (unpaired) electrons. The summed E-state index contributed by atoms with van der Waals surface area (Å²) in [4.78, 5) is 11.8. The third-order valence-electron chi connectivity index (χ3n) is 3.59. The largest absolute Gasteiger partial charge is 0.497 e. The standard InChI is InChI=1S/C19H24N2O2/c1-23-18-9-5-8-16(14-18)10-12-20-13-11-19(22)21-15-17-6-3-2-4-7-17/h2-9,14,20H,10-13,15H2,1H3,(H,21,22). The predicted octanol–water partition coefficient (Wildman–Crippen LogP) is 2.53. The first-order valence-corrected chi connectivity index (χ1v) is 7.92. The molecular weight excluding hydrogens is 288 g/mol. The summed E-state index contributed by atoms with van der Waals surface area (Å²) in [6.07, 6.45) is 1.41. The van der Waals surface area contributed by atoms with Gasteiger partial charge in [-0.05, 0) is 36.2 Å². The lowest BCUT2D eigenvalue weighted by Gasteiger charge is -2.07. The number of methoxy groups -OCH3 is 1. The van der Waals surface area contributed by atoms with Gasteiger partial charge < -0.3 is 15.4 Å². The molecule has 122 valence electrons. The number of ether oxygens (including phenoxy) is 1. The number of hydrogen-bond acceptors (Lipinski definition) is 3. The first kappa shape index (κ1) is 17.0. The highest BCUT2D eigenvalue weighted by Gasteiger charge is 2.01. The van der Waals surface area contributed by atoms with Crippen LogP contribution in [0.4, 0.5) is 0 Å².